The van der Waals surface area contributed by atoms with Gasteiger partial charge >= 0.3 is 0 Å². The fourth-order valence-corrected chi connectivity index (χ4v) is 1.81. The molecule has 2 unspecified atom stereocenters. The predicted octanol–water partition coefficient (Wildman–Crippen LogP) is 1.34. The van der Waals surface area contributed by atoms with E-state index in [9.17, 15) is 4.79 Å². The molecule has 1 N–H and O–H groups in total. The van der Waals surface area contributed by atoms with Crippen molar-refractivity contribution >= 4 is 17.5 Å². The highest BCUT2D eigenvalue weighted by Gasteiger charge is 2.33. The number of alkyl halides is 1. The van der Waals surface area contributed by atoms with Gasteiger partial charge in [0.05, 0.1) is 5.92 Å². The summed E-state index contributed by atoms with van der Waals surface area (Å²) in [6, 6.07) is 0. The first-order valence-electron chi connectivity index (χ1n) is 4.08. The summed E-state index contributed by atoms with van der Waals surface area (Å²) < 4.78 is 5.26. The van der Waals surface area contributed by atoms with Crippen LogP contribution in [-0.4, -0.2) is 11.6 Å². The van der Waals surface area contributed by atoms with E-state index in [1.165, 1.54) is 0 Å². The van der Waals surface area contributed by atoms with Crippen LogP contribution in [0.2, 0.25) is 0 Å². The number of hydrogen-bond acceptors (Lipinski definition) is 2. The van der Waals surface area contributed by atoms with Gasteiger partial charge < -0.3 is 10.1 Å². The highest BCUT2D eigenvalue weighted by Crippen LogP contribution is 2.30. The molecule has 1 heterocycles. The summed E-state index contributed by atoms with van der Waals surface area (Å²) in [6.45, 7) is 0. The lowest BCUT2D eigenvalue weighted by Gasteiger charge is -2.31. The second kappa shape index (κ2) is 2.98. The van der Waals surface area contributed by atoms with E-state index in [1.54, 1.807) is 0 Å². The van der Waals surface area contributed by atoms with Gasteiger partial charge in [0.1, 0.15) is 5.76 Å². The van der Waals surface area contributed by atoms with Crippen LogP contribution < -0.4 is 5.32 Å². The first-order chi connectivity index (χ1) is 5.77. The number of rotatable bonds is 0. The maximum atomic E-state index is 11.3. The molecule has 2 aliphatic rings. The third-order valence-electron chi connectivity index (χ3n) is 2.20. The van der Waals surface area contributed by atoms with Gasteiger partial charge in [0.15, 0.2) is 0 Å². The van der Waals surface area contributed by atoms with Gasteiger partial charge in [0.25, 0.3) is 0 Å². The predicted molar refractivity (Wildman–Crippen MR) is 44.3 cm³/mol. The van der Waals surface area contributed by atoms with Gasteiger partial charge in [-0.2, -0.15) is 0 Å². The Bertz CT molecular complexity index is 239. The van der Waals surface area contributed by atoms with Crippen LogP contribution in [-0.2, 0) is 9.53 Å². The normalized spacial score (nSPS) is 34.4. The number of nitrogens with one attached hydrogen (secondary N) is 1. The zero-order chi connectivity index (χ0) is 8.55. The largest absolute Gasteiger partial charge is 0.460 e. The quantitative estimate of drug-likeness (QED) is 0.459. The maximum Gasteiger partial charge on any atom is 0.249 e. The smallest absolute Gasteiger partial charge is 0.249 e. The van der Waals surface area contributed by atoms with Gasteiger partial charge in [-0.1, -0.05) is 11.6 Å². The highest BCUT2D eigenvalue weighted by atomic mass is 35.5. The van der Waals surface area contributed by atoms with Crippen molar-refractivity contribution < 1.29 is 9.53 Å². The van der Waals surface area contributed by atoms with E-state index < -0.39 is 5.69 Å². The highest BCUT2D eigenvalue weighted by molar-refractivity contribution is 6.20. The van der Waals surface area contributed by atoms with Crippen molar-refractivity contribution in [3.05, 3.63) is 11.8 Å². The number of hydrogen-bond donors (Lipinski definition) is 1. The fourth-order valence-electron chi connectivity index (χ4n) is 1.60. The molecule has 0 radical (unpaired) electrons. The minimum Gasteiger partial charge on any atom is -0.460 e. The van der Waals surface area contributed by atoms with Gasteiger partial charge in [-0.25, -0.2) is 0 Å². The molecule has 0 bridgehead atoms. The van der Waals surface area contributed by atoms with Crippen LogP contribution in [0.5, 0.6) is 0 Å². The van der Waals surface area contributed by atoms with Crippen molar-refractivity contribution in [2.75, 3.05) is 0 Å². The van der Waals surface area contributed by atoms with E-state index in [-0.39, 0.29) is 11.8 Å². The SMILES string of the molecule is O=C1NC(Cl)OC2=CCCCC12. The zero-order valence-electron chi connectivity index (χ0n) is 6.55. The molecule has 1 saturated heterocycles. The average Bonchev–Trinajstić information content (AvgIpc) is 2.04. The number of carbonyl (C=O) groups is 1. The second-order valence-corrected chi connectivity index (χ2v) is 3.43. The lowest BCUT2D eigenvalue weighted by atomic mass is 9.92. The Balaban J connectivity index is 2.20. The molecule has 4 heteroatoms. The van der Waals surface area contributed by atoms with E-state index in [2.05, 4.69) is 5.32 Å². The van der Waals surface area contributed by atoms with Crippen LogP contribution in [0.15, 0.2) is 11.8 Å². The van der Waals surface area contributed by atoms with Crippen molar-refractivity contribution in [1.29, 1.82) is 0 Å². The van der Waals surface area contributed by atoms with Crippen molar-refractivity contribution in [3.8, 4) is 0 Å². The third-order valence-corrected chi connectivity index (χ3v) is 2.40. The molecule has 1 aliphatic heterocycles. The van der Waals surface area contributed by atoms with Crippen molar-refractivity contribution in [2.45, 2.75) is 24.9 Å². The molecule has 0 aromatic carbocycles. The lowest BCUT2D eigenvalue weighted by molar-refractivity contribution is -0.132. The third kappa shape index (κ3) is 1.29. The minimum absolute atomic E-state index is 0.00722. The van der Waals surface area contributed by atoms with Crippen molar-refractivity contribution in [3.63, 3.8) is 0 Å². The molecule has 66 valence electrons. The van der Waals surface area contributed by atoms with E-state index in [0.29, 0.717) is 0 Å². The van der Waals surface area contributed by atoms with E-state index in [1.807, 2.05) is 6.08 Å². The minimum atomic E-state index is -0.682. The Labute approximate surface area is 75.7 Å². The number of allylic oxidation sites excluding steroid dienone is 1. The molecule has 12 heavy (non-hydrogen) atoms. The first kappa shape index (κ1) is 7.92. The fraction of sp³-hybridized carbons (Fsp3) is 0.625. The van der Waals surface area contributed by atoms with Gasteiger partial charge in [-0.3, -0.25) is 4.79 Å². The number of carbonyl (C=O) groups excluding carboxylic acids is 1. The van der Waals surface area contributed by atoms with Gasteiger partial charge in [0.2, 0.25) is 11.6 Å². The summed E-state index contributed by atoms with van der Waals surface area (Å²) in [5.41, 5.74) is -0.682. The topological polar surface area (TPSA) is 38.3 Å². The molecule has 1 amide bonds. The zero-order valence-corrected chi connectivity index (χ0v) is 7.30. The lowest BCUT2D eigenvalue weighted by Crippen LogP contribution is -2.44. The van der Waals surface area contributed by atoms with E-state index >= 15 is 0 Å². The van der Waals surface area contributed by atoms with Gasteiger partial charge in [0, 0.05) is 0 Å². The molecular formula is C8H10ClNO2. The molecule has 2 atom stereocenters. The molecule has 1 fully saturated rings. The molecule has 2 rings (SSSR count). The summed E-state index contributed by atoms with van der Waals surface area (Å²) >= 11 is 5.64. The summed E-state index contributed by atoms with van der Waals surface area (Å²) in [6.07, 6.45) is 4.88. The monoisotopic (exact) mass is 187 g/mol. The number of halogens is 1. The summed E-state index contributed by atoms with van der Waals surface area (Å²) in [5, 5.41) is 2.54. The van der Waals surface area contributed by atoms with Crippen LogP contribution in [0.25, 0.3) is 0 Å². The standard InChI is InChI=1S/C8H10ClNO2/c9-8-10-7(11)5-3-1-2-4-6(5)12-8/h4-5,8H,1-3H2,(H,10,11). The van der Waals surface area contributed by atoms with Crippen LogP contribution in [0, 0.1) is 5.92 Å². The Hall–Kier alpha value is -0.700. The Morgan fingerprint density at radius 2 is 2.50 bits per heavy atom. The molecule has 0 aromatic rings. The Morgan fingerprint density at radius 3 is 3.33 bits per heavy atom. The Morgan fingerprint density at radius 1 is 1.67 bits per heavy atom. The van der Waals surface area contributed by atoms with Gasteiger partial charge in [-0.05, 0) is 25.3 Å². The molecular weight excluding hydrogens is 178 g/mol. The van der Waals surface area contributed by atoms with Crippen LogP contribution >= 0.6 is 11.6 Å². The number of fused-ring (bicyclic) bond motifs is 1. The van der Waals surface area contributed by atoms with Crippen molar-refractivity contribution in [1.82, 2.24) is 5.32 Å². The number of amides is 1. The molecule has 0 spiro atoms. The van der Waals surface area contributed by atoms with Crippen LogP contribution in [0.1, 0.15) is 19.3 Å². The average molecular weight is 188 g/mol. The van der Waals surface area contributed by atoms with Crippen molar-refractivity contribution in [2.24, 2.45) is 5.92 Å². The molecule has 0 saturated carbocycles. The van der Waals surface area contributed by atoms with E-state index in [4.69, 9.17) is 16.3 Å². The molecule has 0 aromatic heterocycles. The summed E-state index contributed by atoms with van der Waals surface area (Å²) in [7, 11) is 0. The van der Waals surface area contributed by atoms with Gasteiger partial charge in [-0.15, -0.1) is 0 Å². The molecule has 3 nitrogen and oxygen atoms in total. The summed E-state index contributed by atoms with van der Waals surface area (Å²) in [4.78, 5) is 11.3. The maximum absolute atomic E-state index is 11.3. The Kier molecular flexibility index (Phi) is 1.97. The van der Waals surface area contributed by atoms with Crippen LogP contribution in [0.4, 0.5) is 0 Å². The molecule has 1 aliphatic carbocycles. The second-order valence-electron chi connectivity index (χ2n) is 3.03. The summed E-state index contributed by atoms with van der Waals surface area (Å²) in [5.74, 6) is 0.658. The van der Waals surface area contributed by atoms with Crippen LogP contribution in [0.3, 0.4) is 0 Å². The van der Waals surface area contributed by atoms with E-state index in [0.717, 1.165) is 25.0 Å². The first-order valence-corrected chi connectivity index (χ1v) is 4.52. The number of ether oxygens (including phenoxy) is 1.